The highest BCUT2D eigenvalue weighted by atomic mass is 16.2. The maximum atomic E-state index is 11.8. The first-order chi connectivity index (χ1) is 7.27. The fourth-order valence-electron chi connectivity index (χ4n) is 2.52. The second-order valence-corrected chi connectivity index (χ2v) is 4.65. The standard InChI is InChI=1S/C11H21N3O/c1-9-8-14(7-6-12-9)10-4-2-3-5-13-11(10)15/h9-10,12H,2-8H2,1H3,(H,13,15). The summed E-state index contributed by atoms with van der Waals surface area (Å²) in [6, 6.07) is 0.631. The number of nitrogens with zero attached hydrogens (tertiary/aromatic N) is 1. The summed E-state index contributed by atoms with van der Waals surface area (Å²) in [5, 5.41) is 6.41. The Balaban J connectivity index is 1.97. The third-order valence-corrected chi connectivity index (χ3v) is 3.35. The normalized spacial score (nSPS) is 34.6. The molecule has 2 rings (SSSR count). The van der Waals surface area contributed by atoms with Gasteiger partial charge in [-0.2, -0.15) is 0 Å². The smallest absolute Gasteiger partial charge is 0.237 e. The number of carbonyl (C=O) groups is 1. The van der Waals surface area contributed by atoms with E-state index in [1.807, 2.05) is 0 Å². The van der Waals surface area contributed by atoms with E-state index in [4.69, 9.17) is 0 Å². The van der Waals surface area contributed by atoms with Crippen LogP contribution in [-0.4, -0.2) is 49.1 Å². The van der Waals surface area contributed by atoms with E-state index in [1.165, 1.54) is 6.42 Å². The molecule has 2 saturated heterocycles. The molecule has 0 aromatic heterocycles. The van der Waals surface area contributed by atoms with Gasteiger partial charge in [-0.1, -0.05) is 0 Å². The number of amides is 1. The molecule has 86 valence electrons. The molecule has 4 nitrogen and oxygen atoms in total. The summed E-state index contributed by atoms with van der Waals surface area (Å²) in [6.45, 7) is 6.04. The molecular formula is C11H21N3O. The minimum Gasteiger partial charge on any atom is -0.355 e. The average Bonchev–Trinajstić information content (AvgIpc) is 2.43. The predicted molar refractivity (Wildman–Crippen MR) is 59.7 cm³/mol. The zero-order chi connectivity index (χ0) is 10.7. The van der Waals surface area contributed by atoms with Gasteiger partial charge in [-0.05, 0) is 26.2 Å². The van der Waals surface area contributed by atoms with Crippen LogP contribution >= 0.6 is 0 Å². The highest BCUT2D eigenvalue weighted by Crippen LogP contribution is 2.14. The van der Waals surface area contributed by atoms with E-state index in [1.54, 1.807) is 0 Å². The second kappa shape index (κ2) is 4.94. The Morgan fingerprint density at radius 2 is 2.20 bits per heavy atom. The van der Waals surface area contributed by atoms with E-state index in [0.29, 0.717) is 6.04 Å². The maximum Gasteiger partial charge on any atom is 0.237 e. The zero-order valence-corrected chi connectivity index (χ0v) is 9.46. The Labute approximate surface area is 91.4 Å². The van der Waals surface area contributed by atoms with Gasteiger partial charge >= 0.3 is 0 Å². The van der Waals surface area contributed by atoms with Gasteiger partial charge in [-0.3, -0.25) is 9.69 Å². The van der Waals surface area contributed by atoms with Crippen LogP contribution in [0.2, 0.25) is 0 Å². The molecule has 0 saturated carbocycles. The van der Waals surface area contributed by atoms with Crippen molar-refractivity contribution in [1.82, 2.24) is 15.5 Å². The Bertz CT molecular complexity index is 232. The minimum atomic E-state index is 0.122. The molecule has 0 aromatic rings. The predicted octanol–water partition coefficient (Wildman–Crippen LogP) is -0.0512. The lowest BCUT2D eigenvalue weighted by Crippen LogP contribution is -2.56. The summed E-state index contributed by atoms with van der Waals surface area (Å²) in [5.74, 6) is 0.238. The number of piperazine rings is 1. The molecule has 0 aromatic carbocycles. The Hall–Kier alpha value is -0.610. The van der Waals surface area contributed by atoms with Gasteiger partial charge in [0.2, 0.25) is 5.91 Å². The van der Waals surface area contributed by atoms with Crippen LogP contribution in [0.4, 0.5) is 0 Å². The molecule has 0 bridgehead atoms. The molecule has 0 aliphatic carbocycles. The maximum absolute atomic E-state index is 11.8. The molecule has 2 unspecified atom stereocenters. The van der Waals surface area contributed by atoms with Crippen LogP contribution in [0, 0.1) is 0 Å². The molecular weight excluding hydrogens is 190 g/mol. The van der Waals surface area contributed by atoms with Crippen molar-refractivity contribution in [3.05, 3.63) is 0 Å². The van der Waals surface area contributed by atoms with Gasteiger partial charge in [0.25, 0.3) is 0 Å². The highest BCUT2D eigenvalue weighted by molar-refractivity contribution is 5.81. The molecule has 0 spiro atoms. The van der Waals surface area contributed by atoms with Crippen LogP contribution < -0.4 is 10.6 Å². The van der Waals surface area contributed by atoms with Crippen molar-refractivity contribution in [2.45, 2.75) is 38.3 Å². The van der Waals surface area contributed by atoms with Crippen LogP contribution in [0.5, 0.6) is 0 Å². The van der Waals surface area contributed by atoms with Gasteiger partial charge in [-0.15, -0.1) is 0 Å². The third kappa shape index (κ3) is 2.69. The van der Waals surface area contributed by atoms with Crippen molar-refractivity contribution < 1.29 is 4.79 Å². The van der Waals surface area contributed by atoms with Gasteiger partial charge in [0.05, 0.1) is 6.04 Å². The topological polar surface area (TPSA) is 44.4 Å². The van der Waals surface area contributed by atoms with E-state index in [0.717, 1.165) is 39.0 Å². The lowest BCUT2D eigenvalue weighted by Gasteiger charge is -2.36. The summed E-state index contributed by atoms with van der Waals surface area (Å²) < 4.78 is 0. The van der Waals surface area contributed by atoms with Crippen LogP contribution in [0.1, 0.15) is 26.2 Å². The fraction of sp³-hybridized carbons (Fsp3) is 0.909. The van der Waals surface area contributed by atoms with Crippen molar-refractivity contribution in [2.75, 3.05) is 26.2 Å². The van der Waals surface area contributed by atoms with E-state index in [2.05, 4.69) is 22.5 Å². The van der Waals surface area contributed by atoms with E-state index >= 15 is 0 Å². The Morgan fingerprint density at radius 3 is 3.00 bits per heavy atom. The quantitative estimate of drug-likeness (QED) is 0.639. The zero-order valence-electron chi connectivity index (χ0n) is 9.46. The molecule has 4 heteroatoms. The molecule has 2 atom stereocenters. The first-order valence-corrected chi connectivity index (χ1v) is 6.02. The molecule has 1 amide bonds. The SMILES string of the molecule is CC1CN(C2CCCCNC2=O)CCN1. The number of nitrogens with one attached hydrogen (secondary N) is 2. The molecule has 2 aliphatic heterocycles. The van der Waals surface area contributed by atoms with Crippen molar-refractivity contribution >= 4 is 5.91 Å². The summed E-state index contributed by atoms with van der Waals surface area (Å²) in [7, 11) is 0. The van der Waals surface area contributed by atoms with E-state index < -0.39 is 0 Å². The molecule has 0 radical (unpaired) electrons. The lowest BCUT2D eigenvalue weighted by atomic mass is 10.1. The van der Waals surface area contributed by atoms with Gasteiger partial charge in [-0.25, -0.2) is 0 Å². The van der Waals surface area contributed by atoms with E-state index in [-0.39, 0.29) is 11.9 Å². The molecule has 2 aliphatic rings. The largest absolute Gasteiger partial charge is 0.355 e. The fourth-order valence-corrected chi connectivity index (χ4v) is 2.52. The third-order valence-electron chi connectivity index (χ3n) is 3.35. The van der Waals surface area contributed by atoms with E-state index in [9.17, 15) is 4.79 Å². The van der Waals surface area contributed by atoms with Crippen LogP contribution in [0.15, 0.2) is 0 Å². The van der Waals surface area contributed by atoms with Crippen LogP contribution in [-0.2, 0) is 4.79 Å². The van der Waals surface area contributed by atoms with Gasteiger partial charge in [0.1, 0.15) is 0 Å². The second-order valence-electron chi connectivity index (χ2n) is 4.65. The van der Waals surface area contributed by atoms with Crippen molar-refractivity contribution in [1.29, 1.82) is 0 Å². The number of carbonyl (C=O) groups excluding carboxylic acids is 1. The number of rotatable bonds is 1. The summed E-state index contributed by atoms with van der Waals surface area (Å²) in [5.41, 5.74) is 0. The number of hydrogen-bond acceptors (Lipinski definition) is 3. The first-order valence-electron chi connectivity index (χ1n) is 6.02. The average molecular weight is 211 g/mol. The van der Waals surface area contributed by atoms with Crippen molar-refractivity contribution in [3.8, 4) is 0 Å². The van der Waals surface area contributed by atoms with Crippen molar-refractivity contribution in [3.63, 3.8) is 0 Å². The van der Waals surface area contributed by atoms with Gasteiger partial charge < -0.3 is 10.6 Å². The molecule has 2 fully saturated rings. The Kier molecular flexibility index (Phi) is 3.59. The Morgan fingerprint density at radius 1 is 1.33 bits per heavy atom. The molecule has 15 heavy (non-hydrogen) atoms. The number of hydrogen-bond donors (Lipinski definition) is 2. The van der Waals surface area contributed by atoms with Crippen LogP contribution in [0.3, 0.4) is 0 Å². The molecule has 2 heterocycles. The highest BCUT2D eigenvalue weighted by Gasteiger charge is 2.29. The van der Waals surface area contributed by atoms with Crippen molar-refractivity contribution in [2.24, 2.45) is 0 Å². The van der Waals surface area contributed by atoms with Crippen LogP contribution in [0.25, 0.3) is 0 Å². The summed E-state index contributed by atoms with van der Waals surface area (Å²) in [6.07, 6.45) is 3.32. The molecule has 2 N–H and O–H groups in total. The monoisotopic (exact) mass is 211 g/mol. The summed E-state index contributed by atoms with van der Waals surface area (Å²) >= 11 is 0. The first kappa shape index (κ1) is 10.9. The van der Waals surface area contributed by atoms with Gasteiger partial charge in [0.15, 0.2) is 0 Å². The van der Waals surface area contributed by atoms with Gasteiger partial charge in [0, 0.05) is 32.2 Å². The lowest BCUT2D eigenvalue weighted by molar-refractivity contribution is -0.126. The summed E-state index contributed by atoms with van der Waals surface area (Å²) in [4.78, 5) is 14.2. The minimum absolute atomic E-state index is 0.122.